The first-order valence-electron chi connectivity index (χ1n) is 12.0. The highest BCUT2D eigenvalue weighted by atomic mass is 35.5. The molecule has 5 rings (SSSR count). The van der Waals surface area contributed by atoms with Crippen LogP contribution >= 0.6 is 35.1 Å². The quantitative estimate of drug-likeness (QED) is 0.122. The first-order valence-corrected chi connectivity index (χ1v) is 14.0. The van der Waals surface area contributed by atoms with Crippen molar-refractivity contribution in [1.29, 1.82) is 0 Å². The van der Waals surface area contributed by atoms with E-state index in [1.807, 2.05) is 44.2 Å². The molecule has 1 aromatic heterocycles. The zero-order chi connectivity index (χ0) is 28.6. The van der Waals surface area contributed by atoms with Crippen molar-refractivity contribution in [2.24, 2.45) is 0 Å². The fourth-order valence-electron chi connectivity index (χ4n) is 4.36. The van der Waals surface area contributed by atoms with Gasteiger partial charge in [0.25, 0.3) is 16.8 Å². The van der Waals surface area contributed by atoms with Gasteiger partial charge in [-0.05, 0) is 97.4 Å². The predicted octanol–water partition coefficient (Wildman–Crippen LogP) is 8.18. The van der Waals surface area contributed by atoms with E-state index < -0.39 is 21.9 Å². The van der Waals surface area contributed by atoms with Crippen LogP contribution < -0.4 is 0 Å². The van der Waals surface area contributed by atoms with Crippen molar-refractivity contribution in [2.75, 3.05) is 0 Å². The summed E-state index contributed by atoms with van der Waals surface area (Å²) in [6, 6.07) is 20.2. The minimum atomic E-state index is -0.490. The van der Waals surface area contributed by atoms with Crippen LogP contribution in [0.1, 0.15) is 22.5 Å². The maximum Gasteiger partial charge on any atom is 0.293 e. The van der Waals surface area contributed by atoms with Crippen molar-refractivity contribution in [3.05, 3.63) is 121 Å². The van der Waals surface area contributed by atoms with Gasteiger partial charge in [-0.2, -0.15) is 0 Å². The fraction of sp³-hybridized carbons (Fsp3) is 0.103. The maximum atomic E-state index is 13.4. The third-order valence-corrected chi connectivity index (χ3v) is 8.63. The van der Waals surface area contributed by atoms with Crippen LogP contribution in [0.15, 0.2) is 87.5 Å². The van der Waals surface area contributed by atoms with Crippen molar-refractivity contribution in [1.82, 2.24) is 9.47 Å². The van der Waals surface area contributed by atoms with Crippen molar-refractivity contribution in [3.8, 4) is 5.69 Å². The Labute approximate surface area is 242 Å². The van der Waals surface area contributed by atoms with Gasteiger partial charge in [-0.1, -0.05) is 29.4 Å². The highest BCUT2D eigenvalue weighted by Crippen LogP contribution is 2.36. The average Bonchev–Trinajstić information content (AvgIpc) is 3.34. The molecule has 202 valence electrons. The molecule has 0 N–H and O–H groups in total. The van der Waals surface area contributed by atoms with Crippen LogP contribution in [-0.4, -0.2) is 25.5 Å². The van der Waals surface area contributed by atoms with Gasteiger partial charge in [0.15, 0.2) is 0 Å². The highest BCUT2D eigenvalue weighted by Gasteiger charge is 2.35. The Balaban J connectivity index is 1.34. The van der Waals surface area contributed by atoms with E-state index >= 15 is 0 Å². The number of carbonyl (C=O) groups excluding carboxylic acids is 2. The lowest BCUT2D eigenvalue weighted by Gasteiger charge is -2.13. The van der Waals surface area contributed by atoms with Crippen molar-refractivity contribution in [3.63, 3.8) is 0 Å². The minimum absolute atomic E-state index is 0.0373. The summed E-state index contributed by atoms with van der Waals surface area (Å²) < 4.78 is 15.5. The summed E-state index contributed by atoms with van der Waals surface area (Å²) in [6.07, 6.45) is 1.72. The van der Waals surface area contributed by atoms with Gasteiger partial charge >= 0.3 is 0 Å². The minimum Gasteiger partial charge on any atom is -0.318 e. The summed E-state index contributed by atoms with van der Waals surface area (Å²) in [5, 5.41) is 10.6. The van der Waals surface area contributed by atoms with E-state index in [9.17, 15) is 24.1 Å². The van der Waals surface area contributed by atoms with Crippen molar-refractivity contribution < 1.29 is 18.9 Å². The molecule has 0 spiro atoms. The van der Waals surface area contributed by atoms with Crippen LogP contribution in [0, 0.1) is 29.8 Å². The number of non-ortho nitro benzene ring substituents is 1. The fourth-order valence-corrected chi connectivity index (χ4v) is 6.24. The number of nitrogens with zero attached hydrogens (tertiary/aromatic N) is 3. The third kappa shape index (κ3) is 5.70. The molecule has 40 heavy (non-hydrogen) atoms. The Morgan fingerprint density at radius 1 is 1.00 bits per heavy atom. The molecule has 7 nitrogen and oxygen atoms in total. The molecule has 3 aromatic carbocycles. The largest absolute Gasteiger partial charge is 0.318 e. The van der Waals surface area contributed by atoms with Crippen molar-refractivity contribution in [2.45, 2.75) is 30.2 Å². The molecule has 4 aromatic rings. The van der Waals surface area contributed by atoms with E-state index in [2.05, 4.69) is 4.57 Å². The van der Waals surface area contributed by atoms with Crippen LogP contribution in [-0.2, 0) is 11.3 Å². The summed E-state index contributed by atoms with van der Waals surface area (Å²) in [5.41, 5.74) is 4.14. The number of nitro benzene ring substituents is 1. The smallest absolute Gasteiger partial charge is 0.293 e. The van der Waals surface area contributed by atoms with E-state index in [0.717, 1.165) is 55.2 Å². The molecule has 1 saturated heterocycles. The first kappa shape index (κ1) is 27.7. The van der Waals surface area contributed by atoms with Crippen LogP contribution in [0.2, 0.25) is 5.02 Å². The molecular formula is C29H21ClFN3O4S2. The average molecular weight is 594 g/mol. The Morgan fingerprint density at radius 2 is 1.65 bits per heavy atom. The van der Waals surface area contributed by atoms with Gasteiger partial charge in [-0.25, -0.2) is 4.39 Å². The van der Waals surface area contributed by atoms with Crippen LogP contribution in [0.4, 0.5) is 14.9 Å². The van der Waals surface area contributed by atoms with Crippen LogP contribution in [0.5, 0.6) is 0 Å². The Bertz CT molecular complexity index is 1680. The molecule has 1 aliphatic heterocycles. The number of halogens is 2. The van der Waals surface area contributed by atoms with E-state index in [-0.39, 0.29) is 17.3 Å². The number of amides is 2. The monoisotopic (exact) mass is 593 g/mol. The summed E-state index contributed by atoms with van der Waals surface area (Å²) >= 11 is 8.46. The molecule has 1 aliphatic rings. The lowest BCUT2D eigenvalue weighted by molar-refractivity contribution is -0.384. The number of hydrogen-bond donors (Lipinski definition) is 0. The third-order valence-electron chi connectivity index (χ3n) is 6.35. The predicted molar refractivity (Wildman–Crippen MR) is 155 cm³/mol. The maximum absolute atomic E-state index is 13.4. The molecule has 1 fully saturated rings. The molecule has 0 atom stereocenters. The molecule has 0 radical (unpaired) electrons. The van der Waals surface area contributed by atoms with E-state index in [4.69, 9.17) is 11.6 Å². The molecule has 11 heteroatoms. The number of aromatic nitrogens is 1. The summed E-state index contributed by atoms with van der Waals surface area (Å²) in [6.45, 7) is 3.87. The van der Waals surface area contributed by atoms with E-state index in [1.54, 1.807) is 18.2 Å². The number of nitro groups is 1. The first-order chi connectivity index (χ1) is 19.1. The second-order valence-electron chi connectivity index (χ2n) is 9.01. The van der Waals surface area contributed by atoms with Gasteiger partial charge in [0.05, 0.1) is 16.4 Å². The van der Waals surface area contributed by atoms with Gasteiger partial charge in [-0.3, -0.25) is 24.6 Å². The van der Waals surface area contributed by atoms with Crippen LogP contribution in [0.25, 0.3) is 11.8 Å². The zero-order valence-electron chi connectivity index (χ0n) is 21.3. The SMILES string of the molecule is Cc1cc(/C=C2\SC(=O)N(Cc3ccc(F)cc3Cl)C2=O)c(C)n1-c1ccc(Sc2ccc([N+](=O)[O-])cc2)cc1. The number of imide groups is 1. The van der Waals surface area contributed by atoms with Gasteiger partial charge in [0.2, 0.25) is 0 Å². The summed E-state index contributed by atoms with van der Waals surface area (Å²) in [4.78, 5) is 39.4. The van der Waals surface area contributed by atoms with Gasteiger partial charge in [0, 0.05) is 44.0 Å². The Kier molecular flexibility index (Phi) is 7.84. The van der Waals surface area contributed by atoms with Gasteiger partial charge in [0.1, 0.15) is 5.82 Å². The van der Waals surface area contributed by atoms with Gasteiger partial charge < -0.3 is 4.57 Å². The highest BCUT2D eigenvalue weighted by molar-refractivity contribution is 8.18. The number of aryl methyl sites for hydroxylation is 1. The number of carbonyl (C=O) groups is 2. The molecule has 0 unspecified atom stereocenters. The molecule has 2 amide bonds. The van der Waals surface area contributed by atoms with Crippen molar-refractivity contribution >= 4 is 58.0 Å². The lowest BCUT2D eigenvalue weighted by Crippen LogP contribution is -2.27. The Morgan fingerprint density at radius 3 is 2.27 bits per heavy atom. The van der Waals surface area contributed by atoms with Crippen LogP contribution in [0.3, 0.4) is 0 Å². The summed E-state index contributed by atoms with van der Waals surface area (Å²) in [7, 11) is 0. The number of thioether (sulfide) groups is 1. The van der Waals surface area contributed by atoms with E-state index in [0.29, 0.717) is 10.5 Å². The summed E-state index contributed by atoms with van der Waals surface area (Å²) in [5.74, 6) is -0.913. The topological polar surface area (TPSA) is 85.5 Å². The number of benzene rings is 3. The lowest BCUT2D eigenvalue weighted by atomic mass is 10.2. The van der Waals surface area contributed by atoms with Gasteiger partial charge in [-0.15, -0.1) is 0 Å². The normalized spacial score (nSPS) is 14.4. The molecule has 0 bridgehead atoms. The number of rotatable bonds is 7. The number of hydrogen-bond acceptors (Lipinski definition) is 6. The standard InChI is InChI=1S/C29H21ClFN3O4S2/c1-17-13-20(14-27-28(35)32(29(36)40-27)16-19-3-4-21(31)15-26(19)30)18(2)33(17)22-5-9-24(10-6-22)39-25-11-7-23(8-12-25)34(37)38/h3-15H,16H2,1-2H3/b27-14-. The second-order valence-corrected chi connectivity index (χ2v) is 11.6. The zero-order valence-corrected chi connectivity index (χ0v) is 23.6. The Hall–Kier alpha value is -3.86. The second kappa shape index (κ2) is 11.3. The molecular weight excluding hydrogens is 573 g/mol. The molecule has 0 aliphatic carbocycles. The van der Waals surface area contributed by atoms with E-state index in [1.165, 1.54) is 36.0 Å². The molecule has 2 heterocycles. The molecule has 0 saturated carbocycles.